The van der Waals surface area contributed by atoms with Crippen LogP contribution in [0.5, 0.6) is 0 Å². The predicted octanol–water partition coefficient (Wildman–Crippen LogP) is 3.06. The van der Waals surface area contributed by atoms with Gasteiger partial charge < -0.3 is 5.73 Å². The van der Waals surface area contributed by atoms with Crippen molar-refractivity contribution in [2.24, 2.45) is 5.73 Å². The summed E-state index contributed by atoms with van der Waals surface area (Å²) in [5, 5.41) is 0. The third-order valence-electron chi connectivity index (χ3n) is 3.74. The molecule has 0 unspecified atom stereocenters. The molecule has 1 fully saturated rings. The molecular formula is C14H18FNO. The molecule has 0 amide bonds. The van der Waals surface area contributed by atoms with Gasteiger partial charge in [0.25, 0.3) is 0 Å². The van der Waals surface area contributed by atoms with E-state index in [2.05, 4.69) is 0 Å². The number of carbonyl (C=O) groups is 1. The fourth-order valence-electron chi connectivity index (χ4n) is 2.68. The van der Waals surface area contributed by atoms with Crippen molar-refractivity contribution in [1.82, 2.24) is 0 Å². The monoisotopic (exact) mass is 235 g/mol. The first-order valence-corrected chi connectivity index (χ1v) is 6.11. The Morgan fingerprint density at radius 1 is 1.29 bits per heavy atom. The summed E-state index contributed by atoms with van der Waals surface area (Å²) in [4.78, 5) is 11.1. The number of nitrogens with two attached hydrogens (primary N) is 1. The molecule has 0 heterocycles. The van der Waals surface area contributed by atoms with E-state index in [9.17, 15) is 9.18 Å². The second kappa shape index (κ2) is 4.57. The Labute approximate surface area is 101 Å². The molecule has 0 radical (unpaired) electrons. The quantitative estimate of drug-likeness (QED) is 0.800. The van der Waals surface area contributed by atoms with Crippen LogP contribution in [0, 0.1) is 12.7 Å². The summed E-state index contributed by atoms with van der Waals surface area (Å²) in [6.07, 6.45) is 5.70. The first-order valence-electron chi connectivity index (χ1n) is 6.11. The first kappa shape index (κ1) is 12.2. The average molecular weight is 235 g/mol. The number of halogens is 1. The van der Waals surface area contributed by atoms with Crippen LogP contribution in [0.2, 0.25) is 0 Å². The highest BCUT2D eigenvalue weighted by Gasteiger charge is 2.32. The van der Waals surface area contributed by atoms with E-state index in [0.717, 1.165) is 32.0 Å². The number of carbonyl (C=O) groups excluding carboxylic acids is 1. The molecular weight excluding hydrogens is 217 g/mol. The molecule has 1 saturated carbocycles. The molecule has 1 aromatic carbocycles. The Kier molecular flexibility index (Phi) is 3.29. The molecule has 0 saturated heterocycles. The van der Waals surface area contributed by atoms with Crippen molar-refractivity contribution in [2.45, 2.75) is 44.6 Å². The van der Waals surface area contributed by atoms with Gasteiger partial charge in [0.15, 0.2) is 0 Å². The average Bonchev–Trinajstić information content (AvgIpc) is 2.33. The van der Waals surface area contributed by atoms with Gasteiger partial charge in [-0.05, 0) is 43.0 Å². The highest BCUT2D eigenvalue weighted by Crippen LogP contribution is 2.36. The van der Waals surface area contributed by atoms with Crippen LogP contribution in [0.15, 0.2) is 12.1 Å². The zero-order chi connectivity index (χ0) is 12.5. The Morgan fingerprint density at radius 3 is 2.53 bits per heavy atom. The number of benzene rings is 1. The second-order valence-electron chi connectivity index (χ2n) is 5.02. The van der Waals surface area contributed by atoms with Gasteiger partial charge in [-0.25, -0.2) is 4.39 Å². The largest absolute Gasteiger partial charge is 0.321 e. The summed E-state index contributed by atoms with van der Waals surface area (Å²) in [6, 6.07) is 3.05. The molecule has 2 N–H and O–H groups in total. The Hall–Kier alpha value is -1.22. The fraction of sp³-hybridized carbons (Fsp3) is 0.500. The van der Waals surface area contributed by atoms with E-state index >= 15 is 0 Å². The Bertz CT molecular complexity index is 436. The van der Waals surface area contributed by atoms with Crippen molar-refractivity contribution in [3.8, 4) is 0 Å². The van der Waals surface area contributed by atoms with Gasteiger partial charge in [0.05, 0.1) is 0 Å². The number of hydrogen-bond acceptors (Lipinski definition) is 2. The van der Waals surface area contributed by atoms with Crippen molar-refractivity contribution >= 4 is 6.29 Å². The van der Waals surface area contributed by atoms with Gasteiger partial charge in [-0.3, -0.25) is 4.79 Å². The Morgan fingerprint density at radius 2 is 1.94 bits per heavy atom. The Balaban J connectivity index is 2.49. The van der Waals surface area contributed by atoms with Crippen LogP contribution in [0.3, 0.4) is 0 Å². The van der Waals surface area contributed by atoms with Crippen LogP contribution in [0.25, 0.3) is 0 Å². The molecule has 3 heteroatoms. The van der Waals surface area contributed by atoms with Crippen molar-refractivity contribution < 1.29 is 9.18 Å². The summed E-state index contributed by atoms with van der Waals surface area (Å²) < 4.78 is 13.6. The second-order valence-corrected chi connectivity index (χ2v) is 5.02. The van der Waals surface area contributed by atoms with Crippen LogP contribution in [0.1, 0.15) is 53.6 Å². The van der Waals surface area contributed by atoms with Gasteiger partial charge in [-0.15, -0.1) is 0 Å². The molecule has 0 spiro atoms. The third kappa shape index (κ3) is 2.25. The maximum absolute atomic E-state index is 13.6. The van der Waals surface area contributed by atoms with E-state index in [1.807, 2.05) is 0 Å². The lowest BCUT2D eigenvalue weighted by molar-refractivity contribution is 0.111. The third-order valence-corrected chi connectivity index (χ3v) is 3.74. The summed E-state index contributed by atoms with van der Waals surface area (Å²) >= 11 is 0. The molecule has 0 aliphatic heterocycles. The lowest BCUT2D eigenvalue weighted by atomic mass is 9.75. The summed E-state index contributed by atoms with van der Waals surface area (Å²) in [5.41, 5.74) is 7.53. The maximum Gasteiger partial charge on any atom is 0.150 e. The van der Waals surface area contributed by atoms with E-state index in [0.29, 0.717) is 16.7 Å². The molecule has 2 nitrogen and oxygen atoms in total. The van der Waals surface area contributed by atoms with Crippen molar-refractivity contribution in [3.05, 3.63) is 34.6 Å². The summed E-state index contributed by atoms with van der Waals surface area (Å²) in [7, 11) is 0. The van der Waals surface area contributed by atoms with E-state index in [-0.39, 0.29) is 5.82 Å². The first-order chi connectivity index (χ1) is 8.07. The molecule has 17 heavy (non-hydrogen) atoms. The number of hydrogen-bond donors (Lipinski definition) is 1. The lowest BCUT2D eigenvalue weighted by Crippen LogP contribution is -2.39. The molecule has 92 valence electrons. The summed E-state index contributed by atoms with van der Waals surface area (Å²) in [5.74, 6) is -0.277. The molecule has 1 aliphatic carbocycles. The van der Waals surface area contributed by atoms with Crippen molar-refractivity contribution in [3.63, 3.8) is 0 Å². The van der Waals surface area contributed by atoms with Crippen LogP contribution in [0.4, 0.5) is 4.39 Å². The SMILES string of the molecule is Cc1cc(C=O)c(C2(N)CCCCC2)cc1F. The zero-order valence-electron chi connectivity index (χ0n) is 10.1. The molecule has 2 rings (SSSR count). The topological polar surface area (TPSA) is 43.1 Å². The zero-order valence-corrected chi connectivity index (χ0v) is 10.1. The highest BCUT2D eigenvalue weighted by atomic mass is 19.1. The minimum atomic E-state index is -0.525. The van der Waals surface area contributed by atoms with E-state index < -0.39 is 5.54 Å². The molecule has 1 aromatic rings. The molecule has 0 bridgehead atoms. The lowest BCUT2D eigenvalue weighted by Gasteiger charge is -2.35. The number of aldehydes is 1. The normalized spacial score (nSPS) is 19.0. The van der Waals surface area contributed by atoms with Gasteiger partial charge in [-0.2, -0.15) is 0 Å². The maximum atomic E-state index is 13.6. The smallest absolute Gasteiger partial charge is 0.150 e. The van der Waals surface area contributed by atoms with Crippen molar-refractivity contribution in [1.29, 1.82) is 0 Å². The minimum absolute atomic E-state index is 0.277. The van der Waals surface area contributed by atoms with Gasteiger partial charge in [-0.1, -0.05) is 19.3 Å². The van der Waals surface area contributed by atoms with Gasteiger partial charge >= 0.3 is 0 Å². The van der Waals surface area contributed by atoms with E-state index in [1.54, 1.807) is 13.0 Å². The fourth-order valence-corrected chi connectivity index (χ4v) is 2.68. The molecule has 1 aliphatic rings. The predicted molar refractivity (Wildman–Crippen MR) is 65.5 cm³/mol. The van der Waals surface area contributed by atoms with Gasteiger partial charge in [0, 0.05) is 11.1 Å². The van der Waals surface area contributed by atoms with Crippen molar-refractivity contribution in [2.75, 3.05) is 0 Å². The summed E-state index contributed by atoms with van der Waals surface area (Å²) in [6.45, 7) is 1.66. The minimum Gasteiger partial charge on any atom is -0.321 e. The highest BCUT2D eigenvalue weighted by molar-refractivity contribution is 5.78. The van der Waals surface area contributed by atoms with Crippen LogP contribution >= 0.6 is 0 Å². The van der Waals surface area contributed by atoms with E-state index in [1.165, 1.54) is 12.5 Å². The van der Waals surface area contributed by atoms with Crippen LogP contribution in [-0.4, -0.2) is 6.29 Å². The van der Waals surface area contributed by atoms with Gasteiger partial charge in [0.1, 0.15) is 12.1 Å². The molecule has 0 atom stereocenters. The van der Waals surface area contributed by atoms with Crippen LogP contribution < -0.4 is 5.73 Å². The number of rotatable bonds is 2. The number of aryl methyl sites for hydroxylation is 1. The van der Waals surface area contributed by atoms with E-state index in [4.69, 9.17) is 5.73 Å². The standard InChI is InChI=1S/C14H18FNO/c1-10-7-11(9-17)12(8-13(10)15)14(16)5-3-2-4-6-14/h7-9H,2-6,16H2,1H3. The molecule has 0 aromatic heterocycles. The van der Waals surface area contributed by atoms with Crippen LogP contribution in [-0.2, 0) is 5.54 Å². The van der Waals surface area contributed by atoms with Gasteiger partial charge in [0.2, 0.25) is 0 Å².